The molecule has 0 atom stereocenters. The molecule has 3 aromatic rings. The van der Waals surface area contributed by atoms with Crippen molar-refractivity contribution in [1.82, 2.24) is 14.9 Å². The lowest BCUT2D eigenvalue weighted by atomic mass is 10.2. The van der Waals surface area contributed by atoms with Crippen LogP contribution in [0, 0.1) is 6.92 Å². The molecule has 1 heterocycles. The molecule has 0 aliphatic rings. The number of hydrogen-bond acceptors (Lipinski definition) is 6. The Bertz CT molecular complexity index is 999. The van der Waals surface area contributed by atoms with Crippen LogP contribution in [0.25, 0.3) is 11.5 Å². The Hall–Kier alpha value is -2.71. The zero-order chi connectivity index (χ0) is 18.6. The van der Waals surface area contributed by atoms with Gasteiger partial charge in [-0.1, -0.05) is 35.9 Å². The summed E-state index contributed by atoms with van der Waals surface area (Å²) in [5.74, 6) is 1.06. The van der Waals surface area contributed by atoms with Crippen LogP contribution in [0.4, 0.5) is 0 Å². The molecule has 7 nitrogen and oxygen atoms in total. The molecule has 1 aromatic heterocycles. The first-order valence-corrected chi connectivity index (χ1v) is 9.60. The second-order valence-electron chi connectivity index (χ2n) is 5.80. The van der Waals surface area contributed by atoms with Gasteiger partial charge in [0.05, 0.1) is 19.4 Å². The quantitative estimate of drug-likeness (QED) is 0.684. The van der Waals surface area contributed by atoms with E-state index in [1.165, 1.54) is 0 Å². The number of sulfonamides is 1. The first kappa shape index (κ1) is 18.1. The molecule has 136 valence electrons. The molecular weight excluding hydrogens is 354 g/mol. The molecule has 3 rings (SSSR count). The smallest absolute Gasteiger partial charge is 0.247 e. The van der Waals surface area contributed by atoms with Crippen LogP contribution in [0.15, 0.2) is 52.9 Å². The van der Waals surface area contributed by atoms with Crippen molar-refractivity contribution in [2.45, 2.75) is 19.2 Å². The Kier molecular flexibility index (Phi) is 5.34. The van der Waals surface area contributed by atoms with Gasteiger partial charge in [-0.25, -0.2) is 13.1 Å². The third-order valence-electron chi connectivity index (χ3n) is 3.67. The average Bonchev–Trinajstić information content (AvgIpc) is 3.09. The predicted octanol–water partition coefficient (Wildman–Crippen LogP) is 2.67. The second-order valence-corrected chi connectivity index (χ2v) is 7.61. The number of rotatable bonds is 7. The van der Waals surface area contributed by atoms with E-state index in [4.69, 9.17) is 9.15 Å². The van der Waals surface area contributed by atoms with Gasteiger partial charge in [0, 0.05) is 5.56 Å². The molecule has 0 spiro atoms. The molecule has 0 radical (unpaired) electrons. The topological polar surface area (TPSA) is 94.3 Å². The molecular formula is C18H19N3O4S. The third kappa shape index (κ3) is 4.68. The van der Waals surface area contributed by atoms with Crippen molar-refractivity contribution in [1.29, 1.82) is 0 Å². The lowest BCUT2D eigenvalue weighted by molar-refractivity contribution is 0.414. The SMILES string of the molecule is COc1cccc(-c2nnc(CNS(=O)(=O)Cc3cccc(C)c3)o2)c1. The van der Waals surface area contributed by atoms with Gasteiger partial charge in [-0.15, -0.1) is 10.2 Å². The molecule has 26 heavy (non-hydrogen) atoms. The number of benzene rings is 2. The van der Waals surface area contributed by atoms with E-state index in [2.05, 4.69) is 14.9 Å². The second kappa shape index (κ2) is 7.67. The van der Waals surface area contributed by atoms with Crippen molar-refractivity contribution in [3.63, 3.8) is 0 Å². The van der Waals surface area contributed by atoms with E-state index in [0.717, 1.165) is 11.1 Å². The molecule has 8 heteroatoms. The fourth-order valence-corrected chi connectivity index (χ4v) is 3.51. The predicted molar refractivity (Wildman–Crippen MR) is 96.9 cm³/mol. The van der Waals surface area contributed by atoms with Crippen molar-refractivity contribution in [2.75, 3.05) is 7.11 Å². The minimum atomic E-state index is -3.51. The average molecular weight is 373 g/mol. The number of hydrogen-bond donors (Lipinski definition) is 1. The summed E-state index contributed by atoms with van der Waals surface area (Å²) in [4.78, 5) is 0. The van der Waals surface area contributed by atoms with Crippen LogP contribution >= 0.6 is 0 Å². The summed E-state index contributed by atoms with van der Waals surface area (Å²) >= 11 is 0. The molecule has 0 aliphatic heterocycles. The molecule has 0 saturated carbocycles. The summed E-state index contributed by atoms with van der Waals surface area (Å²) in [7, 11) is -1.94. The Morgan fingerprint density at radius 1 is 1.12 bits per heavy atom. The van der Waals surface area contributed by atoms with Crippen molar-refractivity contribution in [3.05, 3.63) is 65.5 Å². The van der Waals surface area contributed by atoms with Gasteiger partial charge in [0.2, 0.25) is 21.8 Å². The highest BCUT2D eigenvalue weighted by Crippen LogP contribution is 2.22. The van der Waals surface area contributed by atoms with Crippen molar-refractivity contribution in [2.24, 2.45) is 0 Å². The van der Waals surface area contributed by atoms with Gasteiger partial charge < -0.3 is 9.15 Å². The minimum absolute atomic E-state index is 0.0644. The van der Waals surface area contributed by atoms with Crippen molar-refractivity contribution >= 4 is 10.0 Å². The Balaban J connectivity index is 1.65. The molecule has 1 N–H and O–H groups in total. The van der Waals surface area contributed by atoms with Crippen molar-refractivity contribution < 1.29 is 17.6 Å². The van der Waals surface area contributed by atoms with E-state index in [1.54, 1.807) is 25.3 Å². The summed E-state index contributed by atoms with van der Waals surface area (Å²) in [5.41, 5.74) is 2.43. The molecule has 0 unspecified atom stereocenters. The number of aromatic nitrogens is 2. The Morgan fingerprint density at radius 3 is 2.69 bits per heavy atom. The van der Waals surface area contributed by atoms with Crippen LogP contribution in [0.1, 0.15) is 17.0 Å². The van der Waals surface area contributed by atoms with E-state index in [9.17, 15) is 8.42 Å². The fraction of sp³-hybridized carbons (Fsp3) is 0.222. The molecule has 0 bridgehead atoms. The van der Waals surface area contributed by atoms with E-state index < -0.39 is 10.0 Å². The number of nitrogens with zero attached hydrogens (tertiary/aromatic N) is 2. The first-order chi connectivity index (χ1) is 12.4. The highest BCUT2D eigenvalue weighted by Gasteiger charge is 2.15. The fourth-order valence-electron chi connectivity index (χ4n) is 2.44. The van der Waals surface area contributed by atoms with Gasteiger partial charge >= 0.3 is 0 Å². The first-order valence-electron chi connectivity index (χ1n) is 7.95. The van der Waals surface area contributed by atoms with Crippen LogP contribution in [0.2, 0.25) is 0 Å². The van der Waals surface area contributed by atoms with Gasteiger partial charge in [0.25, 0.3) is 0 Å². The Morgan fingerprint density at radius 2 is 1.92 bits per heavy atom. The number of nitrogens with one attached hydrogen (secondary N) is 1. The van der Waals surface area contributed by atoms with Crippen LogP contribution in [-0.4, -0.2) is 25.7 Å². The summed E-state index contributed by atoms with van der Waals surface area (Å²) in [6.07, 6.45) is 0. The van der Waals surface area contributed by atoms with Gasteiger partial charge in [-0.2, -0.15) is 0 Å². The van der Waals surface area contributed by atoms with E-state index in [-0.39, 0.29) is 18.2 Å². The highest BCUT2D eigenvalue weighted by atomic mass is 32.2. The summed E-state index contributed by atoms with van der Waals surface area (Å²) in [6, 6.07) is 14.6. The maximum atomic E-state index is 12.2. The maximum absolute atomic E-state index is 12.2. The van der Waals surface area contributed by atoms with Crippen LogP contribution in [-0.2, 0) is 22.3 Å². The standard InChI is InChI=1S/C18H19N3O4S/c1-13-5-3-6-14(9-13)12-26(22,23)19-11-17-20-21-18(25-17)15-7-4-8-16(10-15)24-2/h3-10,19H,11-12H2,1-2H3. The summed E-state index contributed by atoms with van der Waals surface area (Å²) in [6.45, 7) is 1.85. The molecule has 0 amide bonds. The van der Waals surface area contributed by atoms with Crippen LogP contribution < -0.4 is 9.46 Å². The lowest BCUT2D eigenvalue weighted by Gasteiger charge is -2.05. The zero-order valence-corrected chi connectivity index (χ0v) is 15.3. The van der Waals surface area contributed by atoms with Gasteiger partial charge in [-0.05, 0) is 30.7 Å². The monoisotopic (exact) mass is 373 g/mol. The summed E-state index contributed by atoms with van der Waals surface area (Å²) < 4.78 is 37.6. The normalized spacial score (nSPS) is 11.5. The maximum Gasteiger partial charge on any atom is 0.247 e. The molecule has 0 fully saturated rings. The molecule has 0 aliphatic carbocycles. The number of aryl methyl sites for hydroxylation is 1. The summed E-state index contributed by atoms with van der Waals surface area (Å²) in [5, 5.41) is 7.84. The Labute approximate surface area is 152 Å². The van der Waals surface area contributed by atoms with Crippen LogP contribution in [0.3, 0.4) is 0 Å². The van der Waals surface area contributed by atoms with E-state index >= 15 is 0 Å². The number of methoxy groups -OCH3 is 1. The highest BCUT2D eigenvalue weighted by molar-refractivity contribution is 7.88. The number of ether oxygens (including phenoxy) is 1. The zero-order valence-electron chi connectivity index (χ0n) is 14.5. The third-order valence-corrected chi connectivity index (χ3v) is 4.96. The van der Waals surface area contributed by atoms with Crippen molar-refractivity contribution in [3.8, 4) is 17.2 Å². The van der Waals surface area contributed by atoms with Crippen LogP contribution in [0.5, 0.6) is 5.75 Å². The van der Waals surface area contributed by atoms with Gasteiger partial charge in [0.1, 0.15) is 5.75 Å². The van der Waals surface area contributed by atoms with Gasteiger partial charge in [-0.3, -0.25) is 0 Å². The minimum Gasteiger partial charge on any atom is -0.497 e. The van der Waals surface area contributed by atoms with E-state index in [0.29, 0.717) is 17.2 Å². The van der Waals surface area contributed by atoms with Gasteiger partial charge in [0.15, 0.2) is 0 Å². The lowest BCUT2D eigenvalue weighted by Crippen LogP contribution is -2.24. The van der Waals surface area contributed by atoms with E-state index in [1.807, 2.05) is 37.3 Å². The molecule has 0 saturated heterocycles. The largest absolute Gasteiger partial charge is 0.497 e. The molecule has 2 aromatic carbocycles.